The molecule has 0 unspecified atom stereocenters. The lowest BCUT2D eigenvalue weighted by Gasteiger charge is -2.20. The van der Waals surface area contributed by atoms with Crippen molar-refractivity contribution in [3.05, 3.63) is 86.4 Å². The van der Waals surface area contributed by atoms with Crippen LogP contribution in [-0.4, -0.2) is 62.6 Å². The molecule has 1 aliphatic heterocycles. The van der Waals surface area contributed by atoms with Crippen molar-refractivity contribution in [2.24, 2.45) is 0 Å². The third-order valence-electron chi connectivity index (χ3n) is 9.12. The maximum absolute atomic E-state index is 14.0. The summed E-state index contributed by atoms with van der Waals surface area (Å²) >= 11 is 13.6. The lowest BCUT2D eigenvalue weighted by atomic mass is 9.95. The molecule has 0 radical (unpaired) electrons. The second kappa shape index (κ2) is 13.5. The molecule has 3 aromatic heterocycles. The van der Waals surface area contributed by atoms with Gasteiger partial charge in [-0.1, -0.05) is 53.5 Å². The van der Waals surface area contributed by atoms with Gasteiger partial charge in [0.1, 0.15) is 16.7 Å². The van der Waals surface area contributed by atoms with E-state index < -0.39 is 23.9 Å². The van der Waals surface area contributed by atoms with Crippen LogP contribution < -0.4 is 15.0 Å². The van der Waals surface area contributed by atoms with E-state index in [1.165, 1.54) is 7.11 Å². The van der Waals surface area contributed by atoms with Gasteiger partial charge < -0.3 is 28.7 Å². The molecule has 1 aliphatic carbocycles. The van der Waals surface area contributed by atoms with Gasteiger partial charge in [0, 0.05) is 43.5 Å². The first-order chi connectivity index (χ1) is 24.0. The summed E-state index contributed by atoms with van der Waals surface area (Å²) in [6.45, 7) is 1.19. The summed E-state index contributed by atoms with van der Waals surface area (Å²) in [4.78, 5) is 11.0. The molecular formula is C35H32Cl2F3N5O5. The van der Waals surface area contributed by atoms with E-state index in [0.717, 1.165) is 39.6 Å². The quantitative estimate of drug-likeness (QED) is 0.151. The first-order valence-electron chi connectivity index (χ1n) is 15.9. The molecular weight excluding hydrogens is 698 g/mol. The Bertz CT molecular complexity index is 2150. The fourth-order valence-electron chi connectivity index (χ4n) is 6.77. The number of oxazole rings is 1. The van der Waals surface area contributed by atoms with Crippen LogP contribution in [0, 0.1) is 5.41 Å². The number of ether oxygens (including phenoxy) is 2. The fraction of sp³-hybridized carbons (Fsp3) is 0.343. The molecule has 2 atom stereocenters. The zero-order valence-electron chi connectivity index (χ0n) is 26.7. The van der Waals surface area contributed by atoms with Crippen molar-refractivity contribution >= 4 is 34.3 Å². The van der Waals surface area contributed by atoms with Gasteiger partial charge in [0.2, 0.25) is 17.7 Å². The standard InChI is InChI=1S/C35H32Cl2F3N5O5/c1-48-32-18(15-44-11-10-19(47)16-44)14-26(36)34(43-32)49-27-9-8-21-20(4-2-5-22(21)27)23-6-3-7-24(28(23)37)33-42-29-30(50-33)25(35(38,39)40)17-45(12-13-46)31(29)41/h2-7,14,17,19,27,41,46-47H,8-13,15-16H2,1H3/t19-,27+/m1/s1. The van der Waals surface area contributed by atoms with Gasteiger partial charge in [0.25, 0.3) is 0 Å². The van der Waals surface area contributed by atoms with Crippen LogP contribution in [-0.2, 0) is 25.7 Å². The molecule has 7 rings (SSSR count). The van der Waals surface area contributed by atoms with Crippen LogP contribution in [0.3, 0.4) is 0 Å². The number of β-amino-alcohol motifs (C(OH)–C–C–N with tert-alkyl or cyclic N) is 1. The summed E-state index contributed by atoms with van der Waals surface area (Å²) in [6.07, 6.45) is -2.79. The highest BCUT2D eigenvalue weighted by Gasteiger charge is 2.37. The van der Waals surface area contributed by atoms with Crippen molar-refractivity contribution in [3.63, 3.8) is 0 Å². The van der Waals surface area contributed by atoms with Crippen LogP contribution >= 0.6 is 23.2 Å². The Labute approximate surface area is 294 Å². The molecule has 2 aromatic carbocycles. The van der Waals surface area contributed by atoms with Crippen LogP contribution in [0.1, 0.15) is 41.2 Å². The predicted molar refractivity (Wildman–Crippen MR) is 179 cm³/mol. The third kappa shape index (κ3) is 6.33. The van der Waals surface area contributed by atoms with Gasteiger partial charge in [-0.25, -0.2) is 4.98 Å². The lowest BCUT2D eigenvalue weighted by molar-refractivity contribution is -0.137. The minimum atomic E-state index is -4.79. The third-order valence-corrected chi connectivity index (χ3v) is 9.80. The molecule has 5 aromatic rings. The van der Waals surface area contributed by atoms with Crippen LogP contribution in [0.15, 0.2) is 53.1 Å². The topological polar surface area (TPSA) is 130 Å². The van der Waals surface area contributed by atoms with Crippen LogP contribution in [0.5, 0.6) is 11.8 Å². The second-order valence-electron chi connectivity index (χ2n) is 12.3. The summed E-state index contributed by atoms with van der Waals surface area (Å²) < 4.78 is 60.7. The number of aromatic nitrogens is 3. The molecule has 262 valence electrons. The Morgan fingerprint density at radius 1 is 1.06 bits per heavy atom. The number of rotatable bonds is 9. The number of hydrogen-bond donors (Lipinski definition) is 3. The fourth-order valence-corrected chi connectivity index (χ4v) is 7.30. The van der Waals surface area contributed by atoms with E-state index in [1.54, 1.807) is 18.2 Å². The number of hydrogen-bond acceptors (Lipinski definition) is 9. The number of nitrogens with zero attached hydrogens (tertiary/aromatic N) is 4. The van der Waals surface area contributed by atoms with Gasteiger partial charge in [-0.3, -0.25) is 10.3 Å². The number of likely N-dealkylation sites (tertiary alicyclic amines) is 1. The molecule has 15 heteroatoms. The molecule has 3 N–H and O–H groups in total. The molecule has 4 heterocycles. The van der Waals surface area contributed by atoms with Crippen molar-refractivity contribution < 1.29 is 37.3 Å². The van der Waals surface area contributed by atoms with Crippen molar-refractivity contribution in [3.8, 4) is 34.3 Å². The van der Waals surface area contributed by atoms with E-state index in [-0.39, 0.29) is 52.1 Å². The SMILES string of the molecule is COc1nc(O[C@H]2CCc3c(-c4cccc(-c5nc6c(=N)n(CCO)cc(C(F)(F)F)c6o5)c4Cl)cccc32)c(Cl)cc1CN1CC[C@@H](O)C1. The molecule has 10 nitrogen and oxygen atoms in total. The molecule has 0 bridgehead atoms. The largest absolute Gasteiger partial charge is 0.481 e. The van der Waals surface area contributed by atoms with E-state index in [2.05, 4.69) is 14.9 Å². The highest BCUT2D eigenvalue weighted by molar-refractivity contribution is 6.36. The first kappa shape index (κ1) is 34.3. The van der Waals surface area contributed by atoms with E-state index in [0.29, 0.717) is 48.8 Å². The van der Waals surface area contributed by atoms with Crippen LogP contribution in [0.2, 0.25) is 10.0 Å². The normalized spacial score (nSPS) is 17.8. The van der Waals surface area contributed by atoms with Crippen molar-refractivity contribution in [1.29, 1.82) is 5.41 Å². The summed E-state index contributed by atoms with van der Waals surface area (Å²) in [5.41, 5.74) is 2.07. The summed E-state index contributed by atoms with van der Waals surface area (Å²) in [5.74, 6) is 0.462. The molecule has 0 saturated carbocycles. The number of fused-ring (bicyclic) bond motifs is 2. The number of nitrogens with one attached hydrogen (secondary N) is 1. The van der Waals surface area contributed by atoms with Crippen LogP contribution in [0.4, 0.5) is 13.2 Å². The van der Waals surface area contributed by atoms with Gasteiger partial charge in [-0.15, -0.1) is 0 Å². The average Bonchev–Trinajstić information content (AvgIpc) is 3.82. The first-order valence-corrected chi connectivity index (χ1v) is 16.7. The number of pyridine rings is 2. The molecule has 2 aliphatic rings. The summed E-state index contributed by atoms with van der Waals surface area (Å²) in [7, 11) is 1.53. The molecule has 1 saturated heterocycles. The van der Waals surface area contributed by atoms with Gasteiger partial charge in [-0.2, -0.15) is 18.2 Å². The van der Waals surface area contributed by atoms with Gasteiger partial charge in [0.05, 0.1) is 30.4 Å². The van der Waals surface area contributed by atoms with E-state index in [4.69, 9.17) is 42.5 Å². The maximum Gasteiger partial charge on any atom is 0.421 e. The second-order valence-corrected chi connectivity index (χ2v) is 13.1. The monoisotopic (exact) mass is 729 g/mol. The number of aliphatic hydroxyl groups is 2. The lowest BCUT2D eigenvalue weighted by Crippen LogP contribution is -2.24. The zero-order valence-corrected chi connectivity index (χ0v) is 28.2. The molecule has 0 spiro atoms. The summed E-state index contributed by atoms with van der Waals surface area (Å²) in [5, 5.41) is 28.2. The minimum Gasteiger partial charge on any atom is -0.481 e. The van der Waals surface area contributed by atoms with Gasteiger partial charge in [-0.05, 0) is 48.1 Å². The number of aliphatic hydroxyl groups excluding tert-OH is 2. The Morgan fingerprint density at radius 2 is 1.82 bits per heavy atom. The Kier molecular flexibility index (Phi) is 9.29. The smallest absolute Gasteiger partial charge is 0.421 e. The molecule has 50 heavy (non-hydrogen) atoms. The van der Waals surface area contributed by atoms with Gasteiger partial charge >= 0.3 is 6.18 Å². The van der Waals surface area contributed by atoms with Crippen molar-refractivity contribution in [2.45, 2.75) is 50.7 Å². The highest BCUT2D eigenvalue weighted by atomic mass is 35.5. The predicted octanol–water partition coefficient (Wildman–Crippen LogP) is 6.80. The Balaban J connectivity index is 1.21. The van der Waals surface area contributed by atoms with E-state index in [1.807, 2.05) is 24.3 Å². The number of benzene rings is 2. The maximum atomic E-state index is 14.0. The Morgan fingerprint density at radius 3 is 2.54 bits per heavy atom. The molecule has 1 fully saturated rings. The molecule has 0 amide bonds. The highest BCUT2D eigenvalue weighted by Crippen LogP contribution is 2.45. The number of alkyl halides is 3. The van der Waals surface area contributed by atoms with E-state index in [9.17, 15) is 23.4 Å². The Hall–Kier alpha value is -4.14. The van der Waals surface area contributed by atoms with Crippen LogP contribution in [0.25, 0.3) is 33.7 Å². The zero-order chi connectivity index (χ0) is 35.3. The van der Waals surface area contributed by atoms with Crippen molar-refractivity contribution in [1.82, 2.24) is 19.4 Å². The van der Waals surface area contributed by atoms with E-state index >= 15 is 0 Å². The average molecular weight is 731 g/mol. The number of methoxy groups -OCH3 is 1. The summed E-state index contributed by atoms with van der Waals surface area (Å²) in [6, 6.07) is 12.7. The van der Waals surface area contributed by atoms with Crippen molar-refractivity contribution in [2.75, 3.05) is 26.8 Å². The number of halogens is 5. The van der Waals surface area contributed by atoms with Gasteiger partial charge in [0.15, 0.2) is 16.6 Å². The minimum absolute atomic E-state index is 0.166.